The fourth-order valence-electron chi connectivity index (χ4n) is 3.54. The van der Waals surface area contributed by atoms with Crippen molar-refractivity contribution in [1.29, 1.82) is 0 Å². The van der Waals surface area contributed by atoms with E-state index in [1.807, 2.05) is 12.1 Å². The summed E-state index contributed by atoms with van der Waals surface area (Å²) in [6.07, 6.45) is 9.36. The van der Waals surface area contributed by atoms with Crippen LogP contribution in [0.2, 0.25) is 0 Å². The van der Waals surface area contributed by atoms with Gasteiger partial charge in [-0.25, -0.2) is 0 Å². The number of allylic oxidation sites excluding steroid dienone is 2. The maximum atomic E-state index is 6.80. The maximum Gasteiger partial charge on any atom is 0.129 e. The van der Waals surface area contributed by atoms with Crippen molar-refractivity contribution in [3.05, 3.63) is 82.9 Å². The predicted octanol–water partition coefficient (Wildman–Crippen LogP) is 6.17. The molecule has 0 aromatic heterocycles. The molecule has 2 heteroatoms. The number of halogens is 2. The van der Waals surface area contributed by atoms with Gasteiger partial charge in [-0.15, -0.1) is 23.2 Å². The van der Waals surface area contributed by atoms with Crippen LogP contribution < -0.4 is 0 Å². The van der Waals surface area contributed by atoms with E-state index in [0.717, 1.165) is 0 Å². The average molecular weight is 327 g/mol. The van der Waals surface area contributed by atoms with E-state index in [1.54, 1.807) is 0 Å². The van der Waals surface area contributed by atoms with Gasteiger partial charge in [-0.1, -0.05) is 72.8 Å². The Morgan fingerprint density at radius 3 is 2.14 bits per heavy atom. The Kier molecular flexibility index (Phi) is 3.40. The molecule has 0 radical (unpaired) electrons. The van der Waals surface area contributed by atoms with Crippen LogP contribution in [-0.2, 0) is 0 Å². The first kappa shape index (κ1) is 14.1. The lowest BCUT2D eigenvalue weighted by Gasteiger charge is -2.29. The molecule has 2 aliphatic carbocycles. The Hall–Kier alpha value is -1.50. The van der Waals surface area contributed by atoms with Gasteiger partial charge in [0, 0.05) is 11.8 Å². The Balaban J connectivity index is 1.61. The topological polar surface area (TPSA) is 0 Å². The zero-order valence-electron chi connectivity index (χ0n) is 12.0. The summed E-state index contributed by atoms with van der Waals surface area (Å²) in [5.41, 5.74) is 5.05. The lowest BCUT2D eigenvalue weighted by Crippen LogP contribution is -2.24. The number of fused-ring (bicyclic) bond motifs is 2. The summed E-state index contributed by atoms with van der Waals surface area (Å²) in [6.45, 7) is 0. The Morgan fingerprint density at radius 2 is 1.36 bits per heavy atom. The largest absolute Gasteiger partial charge is 0.129 e. The van der Waals surface area contributed by atoms with Crippen molar-refractivity contribution in [2.24, 2.45) is 0 Å². The van der Waals surface area contributed by atoms with E-state index in [-0.39, 0.29) is 11.8 Å². The molecule has 0 heterocycles. The summed E-state index contributed by atoms with van der Waals surface area (Å²) in [6, 6.07) is 16.8. The van der Waals surface area contributed by atoms with Crippen LogP contribution >= 0.6 is 23.2 Å². The highest BCUT2D eigenvalue weighted by Crippen LogP contribution is 2.50. The first-order chi connectivity index (χ1) is 10.6. The predicted molar refractivity (Wildman–Crippen MR) is 95.5 cm³/mol. The van der Waals surface area contributed by atoms with Crippen LogP contribution in [-0.4, -0.2) is 4.33 Å². The molecule has 110 valence electrons. The van der Waals surface area contributed by atoms with E-state index in [9.17, 15) is 0 Å². The van der Waals surface area contributed by atoms with E-state index in [0.29, 0.717) is 6.42 Å². The smallest absolute Gasteiger partial charge is 0.101 e. The lowest BCUT2D eigenvalue weighted by molar-refractivity contribution is 0.602. The van der Waals surface area contributed by atoms with E-state index in [2.05, 4.69) is 60.7 Å². The first-order valence-corrected chi connectivity index (χ1v) is 8.33. The normalized spacial score (nSPS) is 21.9. The summed E-state index contributed by atoms with van der Waals surface area (Å²) >= 11 is 13.6. The third-order valence-corrected chi connectivity index (χ3v) is 5.43. The fourth-order valence-corrected chi connectivity index (χ4v) is 4.25. The molecule has 4 rings (SSSR count). The van der Waals surface area contributed by atoms with E-state index >= 15 is 0 Å². The monoisotopic (exact) mass is 326 g/mol. The highest BCUT2D eigenvalue weighted by molar-refractivity contribution is 6.49. The maximum absolute atomic E-state index is 6.80. The Morgan fingerprint density at radius 1 is 0.773 bits per heavy atom. The Bertz CT molecular complexity index is 771. The van der Waals surface area contributed by atoms with Gasteiger partial charge >= 0.3 is 0 Å². The van der Waals surface area contributed by atoms with Crippen LogP contribution in [0.15, 0.2) is 60.7 Å². The van der Waals surface area contributed by atoms with Gasteiger partial charge < -0.3 is 0 Å². The average Bonchev–Trinajstić information content (AvgIpc) is 3.12. The number of alkyl halides is 2. The summed E-state index contributed by atoms with van der Waals surface area (Å²) in [7, 11) is 0. The minimum Gasteiger partial charge on any atom is -0.101 e. The van der Waals surface area contributed by atoms with Gasteiger partial charge in [0.05, 0.1) is 0 Å². The number of hydrogen-bond donors (Lipinski definition) is 0. The molecular weight excluding hydrogens is 311 g/mol. The van der Waals surface area contributed by atoms with Crippen molar-refractivity contribution in [2.45, 2.75) is 22.6 Å². The SMILES string of the molecule is ClC(Cl)(CC1C=Cc2ccccc21)C1C=Cc2ccccc21. The van der Waals surface area contributed by atoms with Crippen molar-refractivity contribution in [3.8, 4) is 0 Å². The summed E-state index contributed by atoms with van der Waals surface area (Å²) in [5, 5.41) is 0. The fraction of sp³-hybridized carbons (Fsp3) is 0.200. The quantitative estimate of drug-likeness (QED) is 0.591. The molecule has 0 N–H and O–H groups in total. The highest BCUT2D eigenvalue weighted by atomic mass is 35.5. The molecule has 2 aliphatic rings. The van der Waals surface area contributed by atoms with Crippen molar-refractivity contribution >= 4 is 35.4 Å². The van der Waals surface area contributed by atoms with Crippen LogP contribution in [0.25, 0.3) is 12.2 Å². The standard InChI is InChI=1S/C20H16Cl2/c21-20(22,19-12-11-15-6-2-4-8-18(15)19)13-16-10-9-14-5-1-3-7-17(14)16/h1-12,16,19H,13H2. The molecule has 0 saturated heterocycles. The molecule has 0 nitrogen and oxygen atoms in total. The van der Waals surface area contributed by atoms with Crippen molar-refractivity contribution in [3.63, 3.8) is 0 Å². The molecule has 0 fully saturated rings. The molecule has 2 aromatic rings. The van der Waals surface area contributed by atoms with Gasteiger partial charge in [0.2, 0.25) is 0 Å². The van der Waals surface area contributed by atoms with Gasteiger partial charge in [-0.3, -0.25) is 0 Å². The molecule has 0 spiro atoms. The van der Waals surface area contributed by atoms with Crippen LogP contribution in [0.1, 0.15) is 40.5 Å². The Labute approximate surface area is 141 Å². The molecule has 0 aliphatic heterocycles. The van der Waals surface area contributed by atoms with Crippen LogP contribution in [0, 0.1) is 0 Å². The summed E-state index contributed by atoms with van der Waals surface area (Å²) in [5.74, 6) is 0.334. The lowest BCUT2D eigenvalue weighted by atomic mass is 9.88. The zero-order valence-corrected chi connectivity index (χ0v) is 13.6. The first-order valence-electron chi connectivity index (χ1n) is 7.57. The molecule has 22 heavy (non-hydrogen) atoms. The zero-order chi connectivity index (χ0) is 15.2. The minimum atomic E-state index is -0.810. The second-order valence-electron chi connectivity index (χ2n) is 6.03. The van der Waals surface area contributed by atoms with E-state index < -0.39 is 4.33 Å². The number of benzene rings is 2. The third kappa shape index (κ3) is 2.31. The molecular formula is C20H16Cl2. The van der Waals surface area contributed by atoms with E-state index in [1.165, 1.54) is 22.3 Å². The summed E-state index contributed by atoms with van der Waals surface area (Å²) < 4.78 is -0.810. The van der Waals surface area contributed by atoms with Gasteiger partial charge in [0.15, 0.2) is 0 Å². The van der Waals surface area contributed by atoms with Crippen LogP contribution in [0.4, 0.5) is 0 Å². The van der Waals surface area contributed by atoms with Gasteiger partial charge in [0.1, 0.15) is 4.33 Å². The number of hydrogen-bond acceptors (Lipinski definition) is 0. The van der Waals surface area contributed by atoms with E-state index in [4.69, 9.17) is 23.2 Å². The molecule has 0 saturated carbocycles. The van der Waals surface area contributed by atoms with Gasteiger partial charge in [0.25, 0.3) is 0 Å². The summed E-state index contributed by atoms with van der Waals surface area (Å²) in [4.78, 5) is 0. The van der Waals surface area contributed by atoms with Crippen molar-refractivity contribution in [2.75, 3.05) is 0 Å². The minimum absolute atomic E-state index is 0.0493. The highest BCUT2D eigenvalue weighted by Gasteiger charge is 2.39. The number of rotatable bonds is 3. The van der Waals surface area contributed by atoms with Crippen molar-refractivity contribution < 1.29 is 0 Å². The van der Waals surface area contributed by atoms with Crippen LogP contribution in [0.3, 0.4) is 0 Å². The molecule has 2 atom stereocenters. The van der Waals surface area contributed by atoms with Gasteiger partial charge in [-0.2, -0.15) is 0 Å². The molecule has 2 unspecified atom stereocenters. The molecule has 2 aromatic carbocycles. The second kappa shape index (κ2) is 5.30. The molecule has 0 bridgehead atoms. The molecule has 0 amide bonds. The second-order valence-corrected chi connectivity index (χ2v) is 7.57. The van der Waals surface area contributed by atoms with Crippen molar-refractivity contribution in [1.82, 2.24) is 0 Å². The third-order valence-electron chi connectivity index (χ3n) is 4.65. The van der Waals surface area contributed by atoms with Gasteiger partial charge in [-0.05, 0) is 28.7 Å². The van der Waals surface area contributed by atoms with Crippen LogP contribution in [0.5, 0.6) is 0 Å².